The van der Waals surface area contributed by atoms with Gasteiger partial charge in [0.05, 0.1) is 18.5 Å². The van der Waals surface area contributed by atoms with E-state index in [0.29, 0.717) is 24.2 Å². The molecule has 0 spiro atoms. The zero-order valence-electron chi connectivity index (χ0n) is 16.0. The average molecular weight is 396 g/mol. The Balaban J connectivity index is 1.56. The predicted molar refractivity (Wildman–Crippen MR) is 106 cm³/mol. The Bertz CT molecular complexity index is 1080. The number of halogens is 1. The van der Waals surface area contributed by atoms with E-state index in [0.717, 1.165) is 10.9 Å². The first-order valence-electron chi connectivity index (χ1n) is 9.38. The topological polar surface area (TPSA) is 76.5 Å². The van der Waals surface area contributed by atoms with Crippen LogP contribution in [0.5, 0.6) is 0 Å². The second-order valence-electron chi connectivity index (χ2n) is 6.98. The maximum atomic E-state index is 14.8. The summed E-state index contributed by atoms with van der Waals surface area (Å²) in [7, 11) is 1.84. The molecule has 150 valence electrons. The molecule has 0 atom stereocenters. The number of carbonyl (C=O) groups is 2. The molecule has 0 bridgehead atoms. The number of fused-ring (bicyclic) bond motifs is 1. The summed E-state index contributed by atoms with van der Waals surface area (Å²) in [5, 5.41) is 8.06. The zero-order chi connectivity index (χ0) is 20.4. The van der Waals surface area contributed by atoms with Gasteiger partial charge in [0.15, 0.2) is 0 Å². The number of carbonyl (C=O) groups excluding carboxylic acids is 2. The van der Waals surface area contributed by atoms with Crippen molar-refractivity contribution in [3.63, 3.8) is 0 Å². The summed E-state index contributed by atoms with van der Waals surface area (Å²) in [5.74, 6) is -0.934. The van der Waals surface area contributed by atoms with Crippen molar-refractivity contribution >= 4 is 22.7 Å². The van der Waals surface area contributed by atoms with E-state index in [2.05, 4.69) is 10.4 Å². The van der Waals surface area contributed by atoms with Gasteiger partial charge in [-0.2, -0.15) is 5.10 Å². The van der Waals surface area contributed by atoms with Gasteiger partial charge < -0.3 is 15.0 Å². The minimum absolute atomic E-state index is 0.0630. The van der Waals surface area contributed by atoms with Crippen molar-refractivity contribution in [1.82, 2.24) is 20.0 Å². The quantitative estimate of drug-likeness (QED) is 0.721. The van der Waals surface area contributed by atoms with Crippen molar-refractivity contribution in [3.05, 3.63) is 54.0 Å². The van der Waals surface area contributed by atoms with Crippen molar-refractivity contribution in [2.24, 2.45) is 7.05 Å². The number of aromatic nitrogens is 2. The number of ether oxygens (including phenoxy) is 1. The Morgan fingerprint density at radius 2 is 2.10 bits per heavy atom. The fraction of sp³-hybridized carbons (Fsp3) is 0.286. The maximum absolute atomic E-state index is 14.8. The summed E-state index contributed by atoms with van der Waals surface area (Å²) < 4.78 is 21.9. The average Bonchev–Trinajstić information content (AvgIpc) is 3.11. The molecule has 1 aromatic heterocycles. The molecule has 1 aliphatic heterocycles. The van der Waals surface area contributed by atoms with Crippen LogP contribution in [0.4, 0.5) is 4.39 Å². The van der Waals surface area contributed by atoms with Crippen LogP contribution in [-0.2, 0) is 16.6 Å². The van der Waals surface area contributed by atoms with E-state index in [4.69, 9.17) is 4.74 Å². The van der Waals surface area contributed by atoms with Crippen molar-refractivity contribution in [2.45, 2.75) is 6.42 Å². The monoisotopic (exact) mass is 396 g/mol. The van der Waals surface area contributed by atoms with Crippen molar-refractivity contribution in [3.8, 4) is 11.1 Å². The van der Waals surface area contributed by atoms with E-state index in [9.17, 15) is 14.0 Å². The van der Waals surface area contributed by atoms with Gasteiger partial charge in [-0.25, -0.2) is 4.39 Å². The van der Waals surface area contributed by atoms with Gasteiger partial charge in [0.2, 0.25) is 5.91 Å². The molecule has 8 heteroatoms. The lowest BCUT2D eigenvalue weighted by Gasteiger charge is -2.21. The van der Waals surface area contributed by atoms with Crippen LogP contribution < -0.4 is 5.32 Å². The van der Waals surface area contributed by atoms with Gasteiger partial charge in [-0.3, -0.25) is 14.3 Å². The van der Waals surface area contributed by atoms with Crippen LogP contribution in [0.2, 0.25) is 0 Å². The fourth-order valence-electron chi connectivity index (χ4n) is 3.35. The Hall–Kier alpha value is -3.26. The highest BCUT2D eigenvalue weighted by molar-refractivity contribution is 5.95. The third kappa shape index (κ3) is 4.12. The molecular formula is C21H21FN4O3. The molecule has 1 saturated heterocycles. The van der Waals surface area contributed by atoms with E-state index >= 15 is 0 Å². The molecule has 29 heavy (non-hydrogen) atoms. The summed E-state index contributed by atoms with van der Waals surface area (Å²) in [4.78, 5) is 25.7. The molecule has 4 rings (SSSR count). The first-order valence-corrected chi connectivity index (χ1v) is 9.38. The van der Waals surface area contributed by atoms with Gasteiger partial charge in [-0.05, 0) is 23.8 Å². The number of hydrogen-bond acceptors (Lipinski definition) is 4. The molecule has 0 unspecified atom stereocenters. The second kappa shape index (κ2) is 8.00. The van der Waals surface area contributed by atoms with Gasteiger partial charge in [0, 0.05) is 42.8 Å². The van der Waals surface area contributed by atoms with Crippen molar-refractivity contribution in [1.29, 1.82) is 0 Å². The maximum Gasteiger partial charge on any atom is 0.255 e. The van der Waals surface area contributed by atoms with Crippen LogP contribution in [0.25, 0.3) is 22.0 Å². The number of nitrogens with zero attached hydrogens (tertiary/aromatic N) is 3. The number of nitrogens with one attached hydrogen (secondary N) is 1. The fourth-order valence-corrected chi connectivity index (χ4v) is 3.35. The molecular weight excluding hydrogens is 375 g/mol. The van der Waals surface area contributed by atoms with Gasteiger partial charge in [0.25, 0.3) is 5.91 Å². The molecule has 2 amide bonds. The van der Waals surface area contributed by atoms with E-state index in [1.54, 1.807) is 16.8 Å². The van der Waals surface area contributed by atoms with Crippen molar-refractivity contribution in [2.75, 3.05) is 26.4 Å². The summed E-state index contributed by atoms with van der Waals surface area (Å²) in [5.41, 5.74) is 2.11. The summed E-state index contributed by atoms with van der Waals surface area (Å²) in [6.07, 6.45) is 2.15. The van der Waals surface area contributed by atoms with E-state index < -0.39 is 5.82 Å². The molecule has 3 aromatic rings. The molecule has 1 fully saturated rings. The number of hydrogen-bond donors (Lipinski definition) is 1. The SMILES string of the molecule is Cn1cc2ccc(-c3ccc(C(=O)N4CCNC(=O)CCOC4)cc3F)cc2n1. The predicted octanol–water partition coefficient (Wildman–Crippen LogP) is 2.32. The molecule has 7 nitrogen and oxygen atoms in total. The summed E-state index contributed by atoms with van der Waals surface area (Å²) >= 11 is 0. The first-order chi connectivity index (χ1) is 14.0. The van der Waals surface area contributed by atoms with Crippen molar-refractivity contribution < 1.29 is 18.7 Å². The van der Waals surface area contributed by atoms with E-state index in [1.807, 2.05) is 31.4 Å². The molecule has 0 saturated carbocycles. The van der Waals surface area contributed by atoms with E-state index in [1.165, 1.54) is 11.0 Å². The van der Waals surface area contributed by atoms with Gasteiger partial charge >= 0.3 is 0 Å². The largest absolute Gasteiger partial charge is 0.360 e. The number of benzene rings is 2. The van der Waals surface area contributed by atoms with Crippen LogP contribution in [0.3, 0.4) is 0 Å². The number of rotatable bonds is 2. The molecule has 1 N–H and O–H groups in total. The minimum atomic E-state index is -0.482. The van der Waals surface area contributed by atoms with Crippen LogP contribution in [0.15, 0.2) is 42.6 Å². The van der Waals surface area contributed by atoms with Crippen LogP contribution in [0, 0.1) is 5.82 Å². The number of amides is 2. The highest BCUT2D eigenvalue weighted by atomic mass is 19.1. The molecule has 0 radical (unpaired) electrons. The highest BCUT2D eigenvalue weighted by Crippen LogP contribution is 2.27. The van der Waals surface area contributed by atoms with Gasteiger partial charge in [-0.15, -0.1) is 0 Å². The van der Waals surface area contributed by atoms with Crippen LogP contribution >= 0.6 is 0 Å². The van der Waals surface area contributed by atoms with Gasteiger partial charge in [-0.1, -0.05) is 18.2 Å². The Morgan fingerprint density at radius 1 is 1.24 bits per heavy atom. The van der Waals surface area contributed by atoms with Gasteiger partial charge in [0.1, 0.15) is 12.5 Å². The van der Waals surface area contributed by atoms with Crippen LogP contribution in [-0.4, -0.2) is 52.9 Å². The Labute approximate surface area is 167 Å². The molecule has 2 heterocycles. The standard InChI is InChI=1S/C21H21FN4O3/c1-25-12-16-3-2-14(11-19(16)24-25)17-5-4-15(10-18(17)22)21(28)26-8-7-23-20(27)6-9-29-13-26/h2-5,10-12H,6-9,13H2,1H3,(H,23,27). The third-order valence-corrected chi connectivity index (χ3v) is 4.86. The highest BCUT2D eigenvalue weighted by Gasteiger charge is 2.19. The minimum Gasteiger partial charge on any atom is -0.360 e. The molecule has 2 aromatic carbocycles. The lowest BCUT2D eigenvalue weighted by Crippen LogP contribution is -2.38. The first kappa shape index (κ1) is 19.1. The normalized spacial score (nSPS) is 15.5. The zero-order valence-corrected chi connectivity index (χ0v) is 16.0. The van der Waals surface area contributed by atoms with Crippen LogP contribution in [0.1, 0.15) is 16.8 Å². The third-order valence-electron chi connectivity index (χ3n) is 4.86. The lowest BCUT2D eigenvalue weighted by atomic mass is 10.0. The smallest absolute Gasteiger partial charge is 0.255 e. The Morgan fingerprint density at radius 3 is 2.93 bits per heavy atom. The summed E-state index contributed by atoms with van der Waals surface area (Å²) in [6.45, 7) is 0.926. The lowest BCUT2D eigenvalue weighted by molar-refractivity contribution is -0.121. The molecule has 1 aliphatic rings. The number of aryl methyl sites for hydroxylation is 1. The second-order valence-corrected chi connectivity index (χ2v) is 6.98. The van der Waals surface area contributed by atoms with E-state index in [-0.39, 0.29) is 37.1 Å². The summed E-state index contributed by atoms with van der Waals surface area (Å²) in [6, 6.07) is 10.0. The molecule has 0 aliphatic carbocycles. The Kier molecular flexibility index (Phi) is 5.26.